The van der Waals surface area contributed by atoms with Crippen molar-refractivity contribution in [1.29, 1.82) is 0 Å². The second-order valence-electron chi connectivity index (χ2n) is 4.68. The SMILES string of the molecule is Cc1cc(C(=O)NC(CO)c2ccc(Cl)c(F)c2)n(C)n1. The highest BCUT2D eigenvalue weighted by Crippen LogP contribution is 2.20. The van der Waals surface area contributed by atoms with Crippen molar-refractivity contribution in [2.75, 3.05) is 6.61 Å². The van der Waals surface area contributed by atoms with Gasteiger partial charge >= 0.3 is 0 Å². The quantitative estimate of drug-likeness (QED) is 0.907. The fraction of sp³-hybridized carbons (Fsp3) is 0.286. The van der Waals surface area contributed by atoms with Gasteiger partial charge in [0.15, 0.2) is 0 Å². The average molecular weight is 312 g/mol. The summed E-state index contributed by atoms with van der Waals surface area (Å²) in [5, 5.41) is 16.1. The first kappa shape index (κ1) is 15.5. The Morgan fingerprint density at radius 3 is 2.76 bits per heavy atom. The number of benzene rings is 1. The van der Waals surface area contributed by atoms with Crippen molar-refractivity contribution in [3.63, 3.8) is 0 Å². The zero-order valence-corrected chi connectivity index (χ0v) is 12.4. The highest BCUT2D eigenvalue weighted by Gasteiger charge is 2.18. The number of carbonyl (C=O) groups excluding carboxylic acids is 1. The Hall–Kier alpha value is -1.92. The number of aryl methyl sites for hydroxylation is 2. The predicted octanol–water partition coefficient (Wildman–Crippen LogP) is 1.98. The number of carbonyl (C=O) groups is 1. The lowest BCUT2D eigenvalue weighted by atomic mass is 10.1. The molecule has 1 aromatic carbocycles. The molecule has 2 N–H and O–H groups in total. The van der Waals surface area contributed by atoms with E-state index < -0.39 is 17.8 Å². The van der Waals surface area contributed by atoms with E-state index in [0.29, 0.717) is 17.0 Å². The van der Waals surface area contributed by atoms with E-state index in [1.54, 1.807) is 26.1 Å². The van der Waals surface area contributed by atoms with E-state index >= 15 is 0 Å². The van der Waals surface area contributed by atoms with Crippen LogP contribution in [0.15, 0.2) is 24.3 Å². The fourth-order valence-corrected chi connectivity index (χ4v) is 2.14. The minimum Gasteiger partial charge on any atom is -0.394 e. The third-order valence-corrected chi connectivity index (χ3v) is 3.38. The van der Waals surface area contributed by atoms with Crippen molar-refractivity contribution in [2.24, 2.45) is 7.05 Å². The first-order chi connectivity index (χ1) is 9.92. The number of amides is 1. The molecule has 2 rings (SSSR count). The highest BCUT2D eigenvalue weighted by molar-refractivity contribution is 6.30. The highest BCUT2D eigenvalue weighted by atomic mass is 35.5. The molecule has 2 aromatic rings. The van der Waals surface area contributed by atoms with Crippen LogP contribution >= 0.6 is 11.6 Å². The molecular weight excluding hydrogens is 297 g/mol. The van der Waals surface area contributed by atoms with Crippen molar-refractivity contribution in [1.82, 2.24) is 15.1 Å². The summed E-state index contributed by atoms with van der Waals surface area (Å²) in [4.78, 5) is 12.2. The standard InChI is InChI=1S/C14H15ClFN3O2/c1-8-5-13(19(2)18-8)14(21)17-12(7-20)9-3-4-10(15)11(16)6-9/h3-6,12,20H,7H2,1-2H3,(H,17,21). The molecule has 1 aromatic heterocycles. The predicted molar refractivity (Wildman–Crippen MR) is 76.6 cm³/mol. The second-order valence-corrected chi connectivity index (χ2v) is 5.08. The van der Waals surface area contributed by atoms with Crippen LogP contribution in [0.25, 0.3) is 0 Å². The largest absolute Gasteiger partial charge is 0.394 e. The van der Waals surface area contributed by atoms with E-state index in [4.69, 9.17) is 11.6 Å². The maximum Gasteiger partial charge on any atom is 0.270 e. The number of rotatable bonds is 4. The molecule has 0 bridgehead atoms. The third kappa shape index (κ3) is 3.40. The van der Waals surface area contributed by atoms with Crippen molar-refractivity contribution in [3.05, 3.63) is 52.1 Å². The lowest BCUT2D eigenvalue weighted by molar-refractivity contribution is 0.0906. The summed E-state index contributed by atoms with van der Waals surface area (Å²) in [5.41, 5.74) is 1.51. The van der Waals surface area contributed by atoms with Crippen LogP contribution in [0.4, 0.5) is 4.39 Å². The summed E-state index contributed by atoms with van der Waals surface area (Å²) in [6.45, 7) is 1.42. The van der Waals surface area contributed by atoms with Crippen molar-refractivity contribution in [3.8, 4) is 0 Å². The molecule has 0 aliphatic heterocycles. The van der Waals surface area contributed by atoms with Crippen LogP contribution in [0, 0.1) is 12.7 Å². The molecule has 0 saturated heterocycles. The van der Waals surface area contributed by atoms with Gasteiger partial charge in [-0.15, -0.1) is 0 Å². The number of nitrogens with zero attached hydrogens (tertiary/aromatic N) is 2. The maximum absolute atomic E-state index is 13.5. The van der Waals surface area contributed by atoms with Gasteiger partial charge in [0, 0.05) is 7.05 Å². The lowest BCUT2D eigenvalue weighted by Gasteiger charge is -2.17. The summed E-state index contributed by atoms with van der Waals surface area (Å²) in [6, 6.07) is 5.04. The Kier molecular flexibility index (Phi) is 4.59. The fourth-order valence-electron chi connectivity index (χ4n) is 2.02. The van der Waals surface area contributed by atoms with Gasteiger partial charge in [0.25, 0.3) is 5.91 Å². The van der Waals surface area contributed by atoms with E-state index in [2.05, 4.69) is 10.4 Å². The number of halogens is 2. The van der Waals surface area contributed by atoms with Gasteiger partial charge in [-0.25, -0.2) is 4.39 Å². The number of hydrogen-bond donors (Lipinski definition) is 2. The van der Waals surface area contributed by atoms with Gasteiger partial charge in [-0.05, 0) is 30.7 Å². The first-order valence-electron chi connectivity index (χ1n) is 6.29. The first-order valence-corrected chi connectivity index (χ1v) is 6.67. The Balaban J connectivity index is 2.20. The average Bonchev–Trinajstić information content (AvgIpc) is 2.78. The molecule has 1 amide bonds. The minimum atomic E-state index is -0.723. The Morgan fingerprint density at radius 2 is 2.24 bits per heavy atom. The number of aliphatic hydroxyl groups is 1. The molecule has 0 fully saturated rings. The summed E-state index contributed by atoms with van der Waals surface area (Å²) in [6.07, 6.45) is 0. The van der Waals surface area contributed by atoms with E-state index in [1.165, 1.54) is 16.8 Å². The molecule has 0 saturated carbocycles. The Bertz CT molecular complexity index is 672. The van der Waals surface area contributed by atoms with E-state index in [9.17, 15) is 14.3 Å². The van der Waals surface area contributed by atoms with Gasteiger partial charge in [-0.1, -0.05) is 17.7 Å². The number of nitrogens with one attached hydrogen (secondary N) is 1. The Morgan fingerprint density at radius 1 is 1.52 bits per heavy atom. The van der Waals surface area contributed by atoms with Crippen LogP contribution in [0.2, 0.25) is 5.02 Å². The van der Waals surface area contributed by atoms with Crippen LogP contribution in [-0.4, -0.2) is 27.4 Å². The molecular formula is C14H15ClFN3O2. The van der Waals surface area contributed by atoms with Gasteiger partial charge in [-0.3, -0.25) is 9.48 Å². The van der Waals surface area contributed by atoms with E-state index in [1.807, 2.05) is 0 Å². The zero-order valence-electron chi connectivity index (χ0n) is 11.6. The molecule has 0 radical (unpaired) electrons. The Labute approximate surface area is 126 Å². The summed E-state index contributed by atoms with van der Waals surface area (Å²) < 4.78 is 14.9. The summed E-state index contributed by atoms with van der Waals surface area (Å²) in [7, 11) is 1.65. The van der Waals surface area contributed by atoms with Gasteiger partial charge in [0.2, 0.25) is 0 Å². The van der Waals surface area contributed by atoms with Crippen molar-refractivity contribution in [2.45, 2.75) is 13.0 Å². The summed E-state index contributed by atoms with van der Waals surface area (Å²) in [5.74, 6) is -0.995. The topological polar surface area (TPSA) is 67.2 Å². The van der Waals surface area contributed by atoms with E-state index in [-0.39, 0.29) is 11.6 Å². The van der Waals surface area contributed by atoms with Crippen LogP contribution in [0.5, 0.6) is 0 Å². The van der Waals surface area contributed by atoms with Gasteiger partial charge in [-0.2, -0.15) is 5.10 Å². The van der Waals surface area contributed by atoms with Crippen molar-refractivity contribution < 1.29 is 14.3 Å². The molecule has 0 aliphatic carbocycles. The molecule has 0 spiro atoms. The smallest absolute Gasteiger partial charge is 0.270 e. The maximum atomic E-state index is 13.5. The van der Waals surface area contributed by atoms with Crippen LogP contribution < -0.4 is 5.32 Å². The van der Waals surface area contributed by atoms with E-state index in [0.717, 1.165) is 0 Å². The van der Waals surface area contributed by atoms with Gasteiger partial charge in [0.1, 0.15) is 11.5 Å². The second kappa shape index (κ2) is 6.24. The molecule has 7 heteroatoms. The number of hydrogen-bond acceptors (Lipinski definition) is 3. The molecule has 1 unspecified atom stereocenters. The molecule has 21 heavy (non-hydrogen) atoms. The van der Waals surface area contributed by atoms with Gasteiger partial charge < -0.3 is 10.4 Å². The lowest BCUT2D eigenvalue weighted by Crippen LogP contribution is -2.32. The number of aromatic nitrogens is 2. The molecule has 0 aliphatic rings. The van der Waals surface area contributed by atoms with Crippen LogP contribution in [0.1, 0.15) is 27.8 Å². The van der Waals surface area contributed by atoms with Crippen LogP contribution in [0.3, 0.4) is 0 Å². The normalized spacial score (nSPS) is 12.2. The molecule has 5 nitrogen and oxygen atoms in total. The van der Waals surface area contributed by atoms with Crippen LogP contribution in [-0.2, 0) is 7.05 Å². The van der Waals surface area contributed by atoms with Crippen molar-refractivity contribution >= 4 is 17.5 Å². The number of aliphatic hydroxyl groups excluding tert-OH is 1. The van der Waals surface area contributed by atoms with Gasteiger partial charge in [0.05, 0.1) is 23.4 Å². The summed E-state index contributed by atoms with van der Waals surface area (Å²) >= 11 is 5.62. The third-order valence-electron chi connectivity index (χ3n) is 3.07. The molecule has 1 atom stereocenters. The molecule has 1 heterocycles. The zero-order chi connectivity index (χ0) is 15.6. The monoisotopic (exact) mass is 311 g/mol. The molecule has 112 valence electrons. The minimum absolute atomic E-state index is 0.0102.